The smallest absolute Gasteiger partial charge is 0.132 e. The first-order valence-corrected chi connectivity index (χ1v) is 4.34. The van der Waals surface area contributed by atoms with E-state index in [2.05, 4.69) is 36.2 Å². The molecule has 68 valence electrons. The van der Waals surface area contributed by atoms with Gasteiger partial charge in [0.2, 0.25) is 0 Å². The molecule has 0 atom stereocenters. The van der Waals surface area contributed by atoms with E-state index in [4.69, 9.17) is 0 Å². The Labute approximate surface area is 77.8 Å². The van der Waals surface area contributed by atoms with Gasteiger partial charge in [-0.15, -0.1) is 0 Å². The zero-order valence-electron chi connectivity index (χ0n) is 7.86. The van der Waals surface area contributed by atoms with Crippen LogP contribution in [-0.4, -0.2) is 10.2 Å². The summed E-state index contributed by atoms with van der Waals surface area (Å²) in [5.74, 6) is 0.989. The molecule has 1 aliphatic rings. The van der Waals surface area contributed by atoms with Gasteiger partial charge in [0.1, 0.15) is 5.82 Å². The zero-order chi connectivity index (χ0) is 9.31. The highest BCUT2D eigenvalue weighted by Gasteiger charge is 2.14. The third-order valence-corrected chi connectivity index (χ3v) is 2.09. The molecule has 0 saturated carbocycles. The average Bonchev–Trinajstić information content (AvgIpc) is 2.56. The Morgan fingerprint density at radius 3 is 2.54 bits per heavy atom. The standard InChI is InChI=1S/C10H13N3/c1-10(2)4-7-13(8-5-10)9-3-6-11-12-9/h3-8H,1-2H3,(H,11,12). The molecule has 1 aromatic heterocycles. The van der Waals surface area contributed by atoms with Crippen molar-refractivity contribution in [2.45, 2.75) is 13.8 Å². The molecule has 0 spiro atoms. The maximum Gasteiger partial charge on any atom is 0.132 e. The molecule has 3 nitrogen and oxygen atoms in total. The average molecular weight is 175 g/mol. The van der Waals surface area contributed by atoms with E-state index in [-0.39, 0.29) is 5.41 Å². The number of aromatic nitrogens is 2. The Balaban J connectivity index is 2.20. The molecule has 1 N–H and O–H groups in total. The van der Waals surface area contributed by atoms with Crippen molar-refractivity contribution in [3.05, 3.63) is 36.8 Å². The summed E-state index contributed by atoms with van der Waals surface area (Å²) in [7, 11) is 0. The fraction of sp³-hybridized carbons (Fsp3) is 0.300. The zero-order valence-corrected chi connectivity index (χ0v) is 7.86. The van der Waals surface area contributed by atoms with Crippen LogP contribution in [0.15, 0.2) is 36.8 Å². The molecule has 2 rings (SSSR count). The van der Waals surface area contributed by atoms with Crippen molar-refractivity contribution in [3.8, 4) is 0 Å². The van der Waals surface area contributed by atoms with Crippen molar-refractivity contribution < 1.29 is 0 Å². The Morgan fingerprint density at radius 1 is 1.31 bits per heavy atom. The minimum Gasteiger partial charge on any atom is -0.310 e. The highest BCUT2D eigenvalue weighted by molar-refractivity contribution is 5.47. The quantitative estimate of drug-likeness (QED) is 0.710. The molecule has 3 heteroatoms. The lowest BCUT2D eigenvalue weighted by Gasteiger charge is -2.24. The molecular weight excluding hydrogens is 162 g/mol. The molecular formula is C10H13N3. The Bertz CT molecular complexity index is 317. The van der Waals surface area contributed by atoms with Crippen LogP contribution in [0.2, 0.25) is 0 Å². The lowest BCUT2D eigenvalue weighted by molar-refractivity contribution is 0.614. The molecule has 0 saturated heterocycles. The number of rotatable bonds is 1. The fourth-order valence-electron chi connectivity index (χ4n) is 1.20. The van der Waals surface area contributed by atoms with Crippen molar-refractivity contribution in [1.29, 1.82) is 0 Å². The van der Waals surface area contributed by atoms with Gasteiger partial charge in [0.05, 0.1) is 6.20 Å². The maximum atomic E-state index is 3.90. The third-order valence-electron chi connectivity index (χ3n) is 2.09. The summed E-state index contributed by atoms with van der Waals surface area (Å²) in [6.45, 7) is 4.34. The lowest BCUT2D eigenvalue weighted by Crippen LogP contribution is -2.16. The second-order valence-corrected chi connectivity index (χ2v) is 3.80. The number of hydrogen-bond donors (Lipinski definition) is 1. The lowest BCUT2D eigenvalue weighted by atomic mass is 9.92. The van der Waals surface area contributed by atoms with Crippen molar-refractivity contribution in [2.75, 3.05) is 4.90 Å². The molecule has 1 aliphatic heterocycles. The van der Waals surface area contributed by atoms with E-state index in [0.717, 1.165) is 5.82 Å². The SMILES string of the molecule is CC1(C)C=CN(c2ccn[nH]2)C=C1. The first kappa shape index (κ1) is 8.10. The number of nitrogens with one attached hydrogen (secondary N) is 1. The van der Waals surface area contributed by atoms with Gasteiger partial charge in [-0.2, -0.15) is 5.10 Å². The summed E-state index contributed by atoms with van der Waals surface area (Å²) in [5.41, 5.74) is 0.163. The molecule has 0 unspecified atom stereocenters. The largest absolute Gasteiger partial charge is 0.310 e. The van der Waals surface area contributed by atoms with Gasteiger partial charge in [0.15, 0.2) is 0 Å². The van der Waals surface area contributed by atoms with Crippen molar-refractivity contribution >= 4 is 5.82 Å². The van der Waals surface area contributed by atoms with Gasteiger partial charge in [-0.3, -0.25) is 5.10 Å². The summed E-state index contributed by atoms with van der Waals surface area (Å²) in [5, 5.41) is 6.81. The number of aromatic amines is 1. The third kappa shape index (κ3) is 1.64. The molecule has 13 heavy (non-hydrogen) atoms. The topological polar surface area (TPSA) is 31.9 Å². The molecule has 0 aromatic carbocycles. The number of allylic oxidation sites excluding steroid dienone is 2. The maximum absolute atomic E-state index is 3.90. The predicted molar refractivity (Wildman–Crippen MR) is 53.1 cm³/mol. The normalized spacial score (nSPS) is 19.4. The van der Waals surface area contributed by atoms with Crippen LogP contribution < -0.4 is 4.90 Å². The van der Waals surface area contributed by atoms with E-state index >= 15 is 0 Å². The number of anilines is 1. The van der Waals surface area contributed by atoms with Gasteiger partial charge in [0.25, 0.3) is 0 Å². The number of H-pyrrole nitrogens is 1. The van der Waals surface area contributed by atoms with Gasteiger partial charge >= 0.3 is 0 Å². The molecule has 0 fully saturated rings. The highest BCUT2D eigenvalue weighted by Crippen LogP contribution is 2.25. The van der Waals surface area contributed by atoms with E-state index in [1.165, 1.54) is 0 Å². The monoisotopic (exact) mass is 175 g/mol. The van der Waals surface area contributed by atoms with Gasteiger partial charge in [-0.25, -0.2) is 0 Å². The minimum absolute atomic E-state index is 0.163. The first-order chi connectivity index (χ1) is 6.17. The Kier molecular flexibility index (Phi) is 1.72. The van der Waals surface area contributed by atoms with Gasteiger partial charge < -0.3 is 4.90 Å². The van der Waals surface area contributed by atoms with Gasteiger partial charge in [0, 0.05) is 23.9 Å². The van der Waals surface area contributed by atoms with Crippen LogP contribution in [0.1, 0.15) is 13.8 Å². The summed E-state index contributed by atoms with van der Waals surface area (Å²) >= 11 is 0. The van der Waals surface area contributed by atoms with Crippen LogP contribution in [0.4, 0.5) is 5.82 Å². The number of hydrogen-bond acceptors (Lipinski definition) is 2. The van der Waals surface area contributed by atoms with E-state index < -0.39 is 0 Å². The summed E-state index contributed by atoms with van der Waals surface area (Å²) in [6.07, 6.45) is 10.2. The first-order valence-electron chi connectivity index (χ1n) is 4.34. The highest BCUT2D eigenvalue weighted by atomic mass is 15.2. The van der Waals surface area contributed by atoms with Crippen LogP contribution in [0.3, 0.4) is 0 Å². The molecule has 0 amide bonds. The van der Waals surface area contributed by atoms with Crippen molar-refractivity contribution in [1.82, 2.24) is 10.2 Å². The molecule has 2 heterocycles. The Hall–Kier alpha value is -1.51. The van der Waals surface area contributed by atoms with E-state index in [9.17, 15) is 0 Å². The summed E-state index contributed by atoms with van der Waals surface area (Å²) in [4.78, 5) is 2.01. The summed E-state index contributed by atoms with van der Waals surface area (Å²) < 4.78 is 0. The van der Waals surface area contributed by atoms with Crippen LogP contribution in [0.25, 0.3) is 0 Å². The van der Waals surface area contributed by atoms with Crippen LogP contribution in [0.5, 0.6) is 0 Å². The van der Waals surface area contributed by atoms with E-state index in [1.807, 2.05) is 23.4 Å². The van der Waals surface area contributed by atoms with Crippen LogP contribution >= 0.6 is 0 Å². The van der Waals surface area contributed by atoms with Gasteiger partial charge in [-0.1, -0.05) is 26.0 Å². The molecule has 1 aromatic rings. The molecule has 0 radical (unpaired) electrons. The van der Waals surface area contributed by atoms with Gasteiger partial charge in [-0.05, 0) is 0 Å². The van der Waals surface area contributed by atoms with Crippen molar-refractivity contribution in [2.24, 2.45) is 5.41 Å². The predicted octanol–water partition coefficient (Wildman–Crippen LogP) is 2.28. The molecule has 0 aliphatic carbocycles. The van der Waals surface area contributed by atoms with Crippen LogP contribution in [0, 0.1) is 5.41 Å². The van der Waals surface area contributed by atoms with E-state index in [1.54, 1.807) is 6.20 Å². The fourth-order valence-corrected chi connectivity index (χ4v) is 1.20. The second-order valence-electron chi connectivity index (χ2n) is 3.80. The van der Waals surface area contributed by atoms with Crippen LogP contribution in [-0.2, 0) is 0 Å². The van der Waals surface area contributed by atoms with Crippen molar-refractivity contribution in [3.63, 3.8) is 0 Å². The van der Waals surface area contributed by atoms with E-state index in [0.29, 0.717) is 0 Å². The minimum atomic E-state index is 0.163. The number of nitrogens with zero attached hydrogens (tertiary/aromatic N) is 2. The summed E-state index contributed by atoms with van der Waals surface area (Å²) in [6, 6.07) is 1.94. The Morgan fingerprint density at radius 2 is 2.00 bits per heavy atom. The second kappa shape index (κ2) is 2.76. The molecule has 0 bridgehead atoms.